The average molecular weight is 602 g/mol. The molecule has 0 radical (unpaired) electrons. The third-order valence-electron chi connectivity index (χ3n) is 8.03. The number of fused-ring (bicyclic) bond motifs is 1. The topological polar surface area (TPSA) is 126 Å². The fourth-order valence-electron chi connectivity index (χ4n) is 5.76. The maximum absolute atomic E-state index is 13.8. The Morgan fingerprint density at radius 2 is 1.80 bits per heavy atom. The van der Waals surface area contributed by atoms with Crippen LogP contribution in [0, 0.1) is 17.8 Å². The van der Waals surface area contributed by atoms with Gasteiger partial charge in [-0.05, 0) is 59.1 Å². The third-order valence-corrected chi connectivity index (χ3v) is 8.03. The van der Waals surface area contributed by atoms with Gasteiger partial charge < -0.3 is 24.3 Å². The lowest BCUT2D eigenvalue weighted by molar-refractivity contribution is -0.163. The number of nitrogens with zero attached hydrogens (tertiary/aromatic N) is 2. The molecule has 2 fully saturated rings. The van der Waals surface area contributed by atoms with Crippen molar-refractivity contribution in [3.8, 4) is 23.0 Å². The van der Waals surface area contributed by atoms with E-state index in [-0.39, 0.29) is 25.4 Å². The highest BCUT2D eigenvalue weighted by molar-refractivity contribution is 5.94. The Bertz CT molecular complexity index is 1570. The highest BCUT2D eigenvalue weighted by Gasteiger charge is 2.62. The monoisotopic (exact) mass is 601 g/mol. The molecule has 0 aliphatic heterocycles. The van der Waals surface area contributed by atoms with E-state index < -0.39 is 46.9 Å². The van der Waals surface area contributed by atoms with Gasteiger partial charge in [0.15, 0.2) is 5.82 Å². The van der Waals surface area contributed by atoms with Gasteiger partial charge in [-0.2, -0.15) is 4.98 Å². The minimum Gasteiger partial charge on any atom is -0.497 e. The first-order valence-corrected chi connectivity index (χ1v) is 14.9. The zero-order valence-corrected chi connectivity index (χ0v) is 25.8. The Kier molecular flexibility index (Phi) is 8.63. The number of nitrogens with one attached hydrogen (secondary N) is 1. The number of hydrogen-bond donors (Lipinski definition) is 1. The van der Waals surface area contributed by atoms with E-state index in [4.69, 9.17) is 28.9 Å². The maximum atomic E-state index is 13.8. The predicted octanol–water partition coefficient (Wildman–Crippen LogP) is 5.04. The van der Waals surface area contributed by atoms with Crippen molar-refractivity contribution in [2.75, 3.05) is 13.7 Å². The maximum Gasteiger partial charge on any atom is 0.332 e. The molecule has 0 unspecified atom stereocenters. The van der Waals surface area contributed by atoms with Gasteiger partial charge >= 0.3 is 11.9 Å². The number of carbonyl (C=O) groups excluding carboxylic acids is 3. The molecule has 1 aromatic heterocycles. The summed E-state index contributed by atoms with van der Waals surface area (Å²) >= 11 is 0. The SMILES string of the molecule is C=C[C@H]1C[C@]1(NC(=O)[C@@H]1C[C@@H](Oc2nc(-c3ccccc3)nc3cc(OC)ccc23)C[C@H]1C(=O)OC(C)(C)C)C(=O)OCC. The van der Waals surface area contributed by atoms with Crippen LogP contribution >= 0.6 is 0 Å². The summed E-state index contributed by atoms with van der Waals surface area (Å²) in [5.41, 5.74) is -0.494. The molecule has 0 saturated heterocycles. The smallest absolute Gasteiger partial charge is 0.332 e. The molecule has 0 spiro atoms. The molecule has 10 heteroatoms. The van der Waals surface area contributed by atoms with Crippen LogP contribution in [-0.4, -0.2) is 58.8 Å². The van der Waals surface area contributed by atoms with E-state index >= 15 is 0 Å². The van der Waals surface area contributed by atoms with Crippen molar-refractivity contribution in [3.63, 3.8) is 0 Å². The third kappa shape index (κ3) is 6.39. The van der Waals surface area contributed by atoms with Crippen molar-refractivity contribution < 1.29 is 33.3 Å². The Hall–Kier alpha value is -4.47. The minimum absolute atomic E-state index is 0.184. The second-order valence-corrected chi connectivity index (χ2v) is 12.3. The van der Waals surface area contributed by atoms with Crippen LogP contribution in [0.15, 0.2) is 61.2 Å². The van der Waals surface area contributed by atoms with Crippen LogP contribution in [0.25, 0.3) is 22.3 Å². The van der Waals surface area contributed by atoms with Crippen molar-refractivity contribution in [1.29, 1.82) is 0 Å². The van der Waals surface area contributed by atoms with Gasteiger partial charge in [-0.1, -0.05) is 36.4 Å². The van der Waals surface area contributed by atoms with Crippen LogP contribution in [-0.2, 0) is 23.9 Å². The molecule has 0 bridgehead atoms. The number of methoxy groups -OCH3 is 1. The van der Waals surface area contributed by atoms with E-state index in [9.17, 15) is 14.4 Å². The van der Waals surface area contributed by atoms with Crippen molar-refractivity contribution in [3.05, 3.63) is 61.2 Å². The summed E-state index contributed by atoms with van der Waals surface area (Å²) < 4.78 is 22.9. The van der Waals surface area contributed by atoms with E-state index in [1.165, 1.54) is 0 Å². The molecular formula is C34H39N3O7. The van der Waals surface area contributed by atoms with E-state index in [0.717, 1.165) is 5.56 Å². The molecule has 1 amide bonds. The number of aromatic nitrogens is 2. The summed E-state index contributed by atoms with van der Waals surface area (Å²) in [4.78, 5) is 49.6. The van der Waals surface area contributed by atoms with Gasteiger partial charge in [0, 0.05) is 17.5 Å². The lowest BCUT2D eigenvalue weighted by Gasteiger charge is -2.25. The summed E-state index contributed by atoms with van der Waals surface area (Å²) in [7, 11) is 1.59. The zero-order valence-electron chi connectivity index (χ0n) is 25.8. The molecule has 5 atom stereocenters. The first kappa shape index (κ1) is 31.0. The van der Waals surface area contributed by atoms with Gasteiger partial charge in [0.05, 0.1) is 36.5 Å². The summed E-state index contributed by atoms with van der Waals surface area (Å²) in [5, 5.41) is 3.58. The molecular weight excluding hydrogens is 562 g/mol. The van der Waals surface area contributed by atoms with Gasteiger partial charge in [0.2, 0.25) is 11.8 Å². The van der Waals surface area contributed by atoms with Crippen LogP contribution in [0.3, 0.4) is 0 Å². The average Bonchev–Trinajstić information content (AvgIpc) is 3.55. The fourth-order valence-corrected chi connectivity index (χ4v) is 5.76. The van der Waals surface area contributed by atoms with Crippen molar-refractivity contribution in [2.24, 2.45) is 17.8 Å². The summed E-state index contributed by atoms with van der Waals surface area (Å²) in [6.45, 7) is 11.0. The highest BCUT2D eigenvalue weighted by Crippen LogP contribution is 2.47. The van der Waals surface area contributed by atoms with E-state index in [0.29, 0.717) is 34.8 Å². The fraction of sp³-hybridized carbons (Fsp3) is 0.441. The molecule has 3 aromatic rings. The van der Waals surface area contributed by atoms with Crippen LogP contribution in [0.4, 0.5) is 0 Å². The summed E-state index contributed by atoms with van der Waals surface area (Å²) in [5.74, 6) is -1.82. The largest absolute Gasteiger partial charge is 0.497 e. The van der Waals surface area contributed by atoms with Crippen molar-refractivity contribution >= 4 is 28.7 Å². The Morgan fingerprint density at radius 3 is 2.43 bits per heavy atom. The van der Waals surface area contributed by atoms with E-state index in [2.05, 4.69) is 11.9 Å². The number of benzene rings is 2. The van der Waals surface area contributed by atoms with Gasteiger partial charge in [-0.25, -0.2) is 9.78 Å². The second-order valence-electron chi connectivity index (χ2n) is 12.3. The molecule has 44 heavy (non-hydrogen) atoms. The van der Waals surface area contributed by atoms with Gasteiger partial charge in [0.1, 0.15) is 23.0 Å². The zero-order chi connectivity index (χ0) is 31.6. The van der Waals surface area contributed by atoms with Crippen LogP contribution < -0.4 is 14.8 Å². The highest BCUT2D eigenvalue weighted by atomic mass is 16.6. The molecule has 2 saturated carbocycles. The number of esters is 2. The number of hydrogen-bond acceptors (Lipinski definition) is 9. The van der Waals surface area contributed by atoms with Crippen LogP contribution in [0.1, 0.15) is 47.0 Å². The predicted molar refractivity (Wildman–Crippen MR) is 164 cm³/mol. The summed E-state index contributed by atoms with van der Waals surface area (Å²) in [6.07, 6.45) is 1.94. The quantitative estimate of drug-likeness (QED) is 0.251. The van der Waals surface area contributed by atoms with Crippen molar-refractivity contribution in [1.82, 2.24) is 15.3 Å². The molecule has 10 nitrogen and oxygen atoms in total. The van der Waals surface area contributed by atoms with E-state index in [1.54, 1.807) is 46.9 Å². The Morgan fingerprint density at radius 1 is 1.07 bits per heavy atom. The molecule has 2 aliphatic rings. The number of amides is 1. The summed E-state index contributed by atoms with van der Waals surface area (Å²) in [6, 6.07) is 15.0. The molecule has 1 N–H and O–H groups in total. The van der Waals surface area contributed by atoms with Crippen molar-refractivity contribution in [2.45, 2.75) is 64.2 Å². The molecule has 1 heterocycles. The molecule has 232 valence electrons. The second kappa shape index (κ2) is 12.3. The van der Waals surface area contributed by atoms with Gasteiger partial charge in [-0.3, -0.25) is 9.59 Å². The number of carbonyl (C=O) groups is 3. The minimum atomic E-state index is -1.18. The first-order valence-electron chi connectivity index (χ1n) is 14.9. The molecule has 2 aliphatic carbocycles. The Balaban J connectivity index is 1.46. The first-order chi connectivity index (χ1) is 21.0. The lowest BCUT2D eigenvalue weighted by atomic mass is 9.94. The standard InChI is InChI=1S/C34H39N3O7/c1-7-21-19-34(21,32(40)42-8-2)37-29(38)25-16-23(17-26(25)31(39)44-33(3,4)5)43-30-24-15-14-22(41-6)18-27(24)35-28(36-30)20-12-10-9-11-13-20/h7,9-15,18,21,23,25-26H,1,8,16-17,19H2,2-6H3,(H,37,38)/t21-,23+,25+,26+,34+/m0/s1. The van der Waals surface area contributed by atoms with Gasteiger partial charge in [-0.15, -0.1) is 6.58 Å². The van der Waals surface area contributed by atoms with Gasteiger partial charge in [0.25, 0.3) is 0 Å². The van der Waals surface area contributed by atoms with Crippen LogP contribution in [0.5, 0.6) is 11.6 Å². The normalized spacial score (nSPS) is 24.3. The van der Waals surface area contributed by atoms with E-state index in [1.807, 2.05) is 42.5 Å². The molecule has 2 aromatic carbocycles. The molecule has 5 rings (SSSR count). The Labute approximate surface area is 257 Å². The lowest BCUT2D eigenvalue weighted by Crippen LogP contribution is -2.49. The number of ether oxygens (including phenoxy) is 4. The van der Waals surface area contributed by atoms with Crippen LogP contribution in [0.2, 0.25) is 0 Å². The number of rotatable bonds is 10.